The van der Waals surface area contributed by atoms with E-state index < -0.39 is 0 Å². The normalized spacial score (nSPS) is 20.0. The van der Waals surface area contributed by atoms with E-state index >= 15 is 0 Å². The quantitative estimate of drug-likeness (QED) is 0.857. The molecular weight excluding hydrogens is 232 g/mol. The first kappa shape index (κ1) is 12.9. The van der Waals surface area contributed by atoms with E-state index in [4.69, 9.17) is 15.2 Å². The van der Waals surface area contributed by atoms with Crippen LogP contribution in [0.15, 0.2) is 24.3 Å². The Labute approximate surface area is 106 Å². The molecule has 0 saturated carbocycles. The number of benzene rings is 1. The first-order valence-corrected chi connectivity index (χ1v) is 6.00. The minimum absolute atomic E-state index is 0.0208. The first-order chi connectivity index (χ1) is 8.77. The van der Waals surface area contributed by atoms with E-state index in [9.17, 15) is 4.79 Å². The molecule has 18 heavy (non-hydrogen) atoms. The summed E-state index contributed by atoms with van der Waals surface area (Å²) in [6, 6.07) is 7.47. The zero-order valence-electron chi connectivity index (χ0n) is 10.5. The number of ether oxygens (including phenoxy) is 2. The number of carbonyl (C=O) groups is 1. The van der Waals surface area contributed by atoms with Crippen LogP contribution in [0.1, 0.15) is 6.42 Å². The van der Waals surface area contributed by atoms with Crippen molar-refractivity contribution in [1.29, 1.82) is 0 Å². The van der Waals surface area contributed by atoms with Crippen LogP contribution in [0.25, 0.3) is 0 Å². The van der Waals surface area contributed by atoms with E-state index in [0.717, 1.165) is 5.69 Å². The molecule has 1 fully saturated rings. The van der Waals surface area contributed by atoms with Crippen LogP contribution >= 0.6 is 0 Å². The summed E-state index contributed by atoms with van der Waals surface area (Å²) in [5.74, 6) is 0.638. The van der Waals surface area contributed by atoms with Crippen LogP contribution in [0.5, 0.6) is 5.75 Å². The number of methoxy groups -OCH3 is 1. The molecule has 1 amide bonds. The summed E-state index contributed by atoms with van der Waals surface area (Å²) < 4.78 is 10.6. The van der Waals surface area contributed by atoms with Gasteiger partial charge in [0.1, 0.15) is 12.4 Å². The zero-order chi connectivity index (χ0) is 13.0. The van der Waals surface area contributed by atoms with Crippen LogP contribution in [0.3, 0.4) is 0 Å². The maximum Gasteiger partial charge on any atom is 0.253 e. The van der Waals surface area contributed by atoms with Crippen molar-refractivity contribution < 1.29 is 14.3 Å². The lowest BCUT2D eigenvalue weighted by molar-refractivity contribution is -0.127. The Hall–Kier alpha value is -1.59. The van der Waals surface area contributed by atoms with Crippen LogP contribution in [0.4, 0.5) is 5.69 Å². The van der Waals surface area contributed by atoms with Gasteiger partial charge in [0.2, 0.25) is 0 Å². The Morgan fingerprint density at radius 3 is 3.00 bits per heavy atom. The third-order valence-electron chi connectivity index (χ3n) is 3.01. The average molecular weight is 250 g/mol. The van der Waals surface area contributed by atoms with Gasteiger partial charge in [-0.3, -0.25) is 4.79 Å². The molecule has 1 unspecified atom stereocenters. The number of anilines is 1. The molecule has 1 aromatic carbocycles. The second kappa shape index (κ2) is 5.84. The number of carbonyl (C=O) groups excluding carboxylic acids is 1. The summed E-state index contributed by atoms with van der Waals surface area (Å²) >= 11 is 0. The van der Waals surface area contributed by atoms with E-state index in [1.54, 1.807) is 12.0 Å². The Morgan fingerprint density at radius 1 is 1.50 bits per heavy atom. The van der Waals surface area contributed by atoms with Gasteiger partial charge in [-0.2, -0.15) is 0 Å². The largest absolute Gasteiger partial charge is 0.495 e. The second-order valence-electron chi connectivity index (χ2n) is 4.18. The number of amides is 1. The fourth-order valence-electron chi connectivity index (χ4n) is 2.19. The SMILES string of the molecule is COc1ccccc1N1C(=O)COCC1CCN. The molecule has 1 saturated heterocycles. The third-order valence-corrected chi connectivity index (χ3v) is 3.01. The van der Waals surface area contributed by atoms with Gasteiger partial charge >= 0.3 is 0 Å². The minimum atomic E-state index is -0.0517. The minimum Gasteiger partial charge on any atom is -0.495 e. The summed E-state index contributed by atoms with van der Waals surface area (Å²) in [5, 5.41) is 0. The van der Waals surface area contributed by atoms with Crippen molar-refractivity contribution in [3.05, 3.63) is 24.3 Å². The number of nitrogens with two attached hydrogens (primary N) is 1. The molecule has 2 N–H and O–H groups in total. The average Bonchev–Trinajstić information content (AvgIpc) is 2.39. The van der Waals surface area contributed by atoms with Crippen LogP contribution in [0, 0.1) is 0 Å². The molecule has 0 bridgehead atoms. The van der Waals surface area contributed by atoms with Crippen molar-refractivity contribution in [2.24, 2.45) is 5.73 Å². The van der Waals surface area contributed by atoms with Gasteiger partial charge in [0.25, 0.3) is 5.91 Å². The number of hydrogen-bond acceptors (Lipinski definition) is 4. The van der Waals surface area contributed by atoms with Gasteiger partial charge in [-0.05, 0) is 25.1 Å². The van der Waals surface area contributed by atoms with Crippen molar-refractivity contribution >= 4 is 11.6 Å². The Balaban J connectivity index is 2.34. The number of hydrogen-bond donors (Lipinski definition) is 1. The number of rotatable bonds is 4. The highest BCUT2D eigenvalue weighted by Crippen LogP contribution is 2.31. The second-order valence-corrected chi connectivity index (χ2v) is 4.18. The van der Waals surface area contributed by atoms with Crippen molar-refractivity contribution in [3.8, 4) is 5.75 Å². The van der Waals surface area contributed by atoms with Crippen LogP contribution in [-0.4, -0.2) is 38.8 Å². The maximum absolute atomic E-state index is 12.1. The lowest BCUT2D eigenvalue weighted by Crippen LogP contribution is -2.50. The monoisotopic (exact) mass is 250 g/mol. The van der Waals surface area contributed by atoms with E-state index in [1.165, 1.54) is 0 Å². The molecule has 1 heterocycles. The molecule has 5 nitrogen and oxygen atoms in total. The lowest BCUT2D eigenvalue weighted by atomic mass is 10.1. The lowest BCUT2D eigenvalue weighted by Gasteiger charge is -2.36. The van der Waals surface area contributed by atoms with Gasteiger partial charge in [0.05, 0.1) is 25.4 Å². The summed E-state index contributed by atoms with van der Waals surface area (Å²) in [5.41, 5.74) is 6.37. The number of para-hydroxylation sites is 2. The van der Waals surface area contributed by atoms with E-state index in [2.05, 4.69) is 0 Å². The van der Waals surface area contributed by atoms with Crippen LogP contribution in [0.2, 0.25) is 0 Å². The van der Waals surface area contributed by atoms with Gasteiger partial charge in [-0.25, -0.2) is 0 Å². The standard InChI is InChI=1S/C13H18N2O3/c1-17-12-5-3-2-4-11(12)15-10(6-7-14)8-18-9-13(15)16/h2-5,10H,6-9,14H2,1H3. The Morgan fingerprint density at radius 2 is 2.28 bits per heavy atom. The van der Waals surface area contributed by atoms with Gasteiger partial charge in [-0.1, -0.05) is 12.1 Å². The molecule has 2 rings (SSSR count). The fourth-order valence-corrected chi connectivity index (χ4v) is 2.19. The van der Waals surface area contributed by atoms with Crippen molar-refractivity contribution in [2.45, 2.75) is 12.5 Å². The highest BCUT2D eigenvalue weighted by atomic mass is 16.5. The predicted octanol–water partition coefficient (Wildman–Crippen LogP) is 0.776. The van der Waals surface area contributed by atoms with Gasteiger partial charge in [0.15, 0.2) is 0 Å². The fraction of sp³-hybridized carbons (Fsp3) is 0.462. The molecule has 1 aliphatic heterocycles. The summed E-state index contributed by atoms with van der Waals surface area (Å²) in [6.07, 6.45) is 0.712. The Bertz CT molecular complexity index is 420. The number of nitrogens with zero attached hydrogens (tertiary/aromatic N) is 1. The predicted molar refractivity (Wildman–Crippen MR) is 68.8 cm³/mol. The van der Waals surface area contributed by atoms with Gasteiger partial charge < -0.3 is 20.1 Å². The highest BCUT2D eigenvalue weighted by molar-refractivity contribution is 5.96. The van der Waals surface area contributed by atoms with E-state index in [0.29, 0.717) is 25.3 Å². The molecule has 0 spiro atoms. The topological polar surface area (TPSA) is 64.8 Å². The van der Waals surface area contributed by atoms with Crippen LogP contribution in [-0.2, 0) is 9.53 Å². The summed E-state index contributed by atoms with van der Waals surface area (Å²) in [6.45, 7) is 1.15. The van der Waals surface area contributed by atoms with Gasteiger partial charge in [-0.15, -0.1) is 0 Å². The smallest absolute Gasteiger partial charge is 0.253 e. The van der Waals surface area contributed by atoms with Gasteiger partial charge in [0, 0.05) is 0 Å². The molecule has 0 aromatic heterocycles. The molecule has 1 aliphatic rings. The molecule has 5 heteroatoms. The van der Waals surface area contributed by atoms with Crippen LogP contribution < -0.4 is 15.4 Å². The molecule has 0 aliphatic carbocycles. The first-order valence-electron chi connectivity index (χ1n) is 6.00. The van der Waals surface area contributed by atoms with E-state index in [1.807, 2.05) is 24.3 Å². The molecule has 1 atom stereocenters. The van der Waals surface area contributed by atoms with E-state index in [-0.39, 0.29) is 18.6 Å². The summed E-state index contributed by atoms with van der Waals surface area (Å²) in [7, 11) is 1.60. The highest BCUT2D eigenvalue weighted by Gasteiger charge is 2.31. The maximum atomic E-state index is 12.1. The third kappa shape index (κ3) is 2.47. The summed E-state index contributed by atoms with van der Waals surface area (Å²) in [4.78, 5) is 13.8. The molecule has 0 radical (unpaired) electrons. The van der Waals surface area contributed by atoms with Crippen molar-refractivity contribution in [2.75, 3.05) is 31.8 Å². The number of morpholine rings is 1. The van der Waals surface area contributed by atoms with Crippen molar-refractivity contribution in [1.82, 2.24) is 0 Å². The zero-order valence-corrected chi connectivity index (χ0v) is 10.5. The molecule has 98 valence electrons. The Kier molecular flexibility index (Phi) is 4.17. The van der Waals surface area contributed by atoms with Crippen molar-refractivity contribution in [3.63, 3.8) is 0 Å². The molecular formula is C13H18N2O3. The molecule has 1 aromatic rings.